The van der Waals surface area contributed by atoms with E-state index >= 15 is 0 Å². The van der Waals surface area contributed by atoms with Gasteiger partial charge in [-0.1, -0.05) is 13.2 Å². The summed E-state index contributed by atoms with van der Waals surface area (Å²) in [5.74, 6) is 0. The normalized spacial score (nSPS) is 20.0. The Morgan fingerprint density at radius 2 is 1.31 bits per heavy atom. The van der Waals surface area contributed by atoms with Crippen LogP contribution in [0.4, 0.5) is 0 Å². The molecule has 0 radical (unpaired) electrons. The van der Waals surface area contributed by atoms with Crippen molar-refractivity contribution in [2.24, 2.45) is 0 Å². The zero-order valence-corrected chi connectivity index (χ0v) is 9.22. The molecule has 0 aliphatic heterocycles. The molecule has 0 saturated heterocycles. The third-order valence-electron chi connectivity index (χ3n) is 1.19. The molecule has 7 heteroatoms. The Hall–Kier alpha value is -0.180. The van der Waals surface area contributed by atoms with Gasteiger partial charge in [0.15, 0.2) is 0 Å². The minimum absolute atomic E-state index is 0.192. The molecule has 0 spiro atoms. The van der Waals surface area contributed by atoms with E-state index in [0.717, 1.165) is 0 Å². The summed E-state index contributed by atoms with van der Waals surface area (Å²) in [5.41, 5.74) is 0. The van der Waals surface area contributed by atoms with Gasteiger partial charge in [-0.2, -0.15) is 0 Å². The summed E-state index contributed by atoms with van der Waals surface area (Å²) in [4.78, 5) is 18.1. The molecule has 0 aromatic rings. The second kappa shape index (κ2) is 3.91. The highest BCUT2D eigenvalue weighted by molar-refractivity contribution is 7.70. The molecule has 0 aliphatic rings. The molecule has 0 amide bonds. The van der Waals surface area contributed by atoms with E-state index in [1.54, 1.807) is 0 Å². The van der Waals surface area contributed by atoms with Crippen molar-refractivity contribution < 1.29 is 23.2 Å². The lowest BCUT2D eigenvalue weighted by Crippen LogP contribution is -1.89. The molecular weight excluding hydrogens is 214 g/mol. The number of hydrogen-bond acceptors (Lipinski definition) is 3. The van der Waals surface area contributed by atoms with Crippen molar-refractivity contribution in [1.29, 1.82) is 0 Å². The van der Waals surface area contributed by atoms with Crippen molar-refractivity contribution in [3.05, 3.63) is 23.8 Å². The Bertz CT molecular complexity index is 300. The van der Waals surface area contributed by atoms with Gasteiger partial charge in [0.1, 0.15) is 0 Å². The van der Waals surface area contributed by atoms with Crippen molar-refractivity contribution in [2.45, 2.75) is 13.8 Å². The predicted molar refractivity (Wildman–Crippen MR) is 50.4 cm³/mol. The largest absolute Gasteiger partial charge is 0.361 e. The van der Waals surface area contributed by atoms with E-state index in [4.69, 9.17) is 9.79 Å². The van der Waals surface area contributed by atoms with Gasteiger partial charge in [0.05, 0.1) is 0 Å². The van der Waals surface area contributed by atoms with Crippen LogP contribution in [0.15, 0.2) is 23.8 Å². The van der Waals surface area contributed by atoms with E-state index < -0.39 is 15.2 Å². The second-order valence-corrected chi connectivity index (χ2v) is 6.85. The Morgan fingerprint density at radius 3 is 1.46 bits per heavy atom. The fraction of sp³-hybridized carbons (Fsp3) is 0.333. The van der Waals surface area contributed by atoms with Crippen LogP contribution in [0.1, 0.15) is 13.8 Å². The molecule has 0 saturated carbocycles. The fourth-order valence-electron chi connectivity index (χ4n) is 0.289. The number of allylic oxidation sites excluding steroid dienone is 2. The maximum Gasteiger partial charge on any atom is 0.361 e. The smallest absolute Gasteiger partial charge is 0.321 e. The molecule has 0 aromatic heterocycles. The first-order valence-corrected chi connectivity index (χ1v) is 6.44. The molecule has 0 bridgehead atoms. The summed E-state index contributed by atoms with van der Waals surface area (Å²) < 4.78 is 26.4. The first-order valence-electron chi connectivity index (χ1n) is 3.28. The van der Waals surface area contributed by atoms with Crippen LogP contribution < -0.4 is 0 Å². The van der Waals surface area contributed by atoms with Gasteiger partial charge in [-0.3, -0.25) is 9.13 Å². The van der Waals surface area contributed by atoms with E-state index in [2.05, 4.69) is 17.5 Å². The Morgan fingerprint density at radius 1 is 1.08 bits per heavy atom. The Kier molecular flexibility index (Phi) is 3.85. The monoisotopic (exact) mass is 226 g/mol. The van der Waals surface area contributed by atoms with E-state index in [-0.39, 0.29) is 10.6 Å². The lowest BCUT2D eigenvalue weighted by molar-refractivity contribution is 0.343. The van der Waals surface area contributed by atoms with Crippen LogP contribution in [0.25, 0.3) is 0 Å². The quantitative estimate of drug-likeness (QED) is 0.719. The van der Waals surface area contributed by atoms with E-state index in [9.17, 15) is 9.13 Å². The van der Waals surface area contributed by atoms with Gasteiger partial charge in [0.2, 0.25) is 0 Å². The molecule has 0 fully saturated rings. The van der Waals surface area contributed by atoms with Crippen LogP contribution in [-0.2, 0) is 13.4 Å². The zero-order valence-electron chi connectivity index (χ0n) is 7.43. The molecule has 2 unspecified atom stereocenters. The molecule has 13 heavy (non-hydrogen) atoms. The fourth-order valence-corrected chi connectivity index (χ4v) is 2.60. The van der Waals surface area contributed by atoms with Crippen molar-refractivity contribution in [3.63, 3.8) is 0 Å². The minimum Gasteiger partial charge on any atom is -0.321 e. The van der Waals surface area contributed by atoms with Gasteiger partial charge in [0.25, 0.3) is 0 Å². The van der Waals surface area contributed by atoms with Crippen molar-refractivity contribution in [2.75, 3.05) is 0 Å². The summed E-state index contributed by atoms with van der Waals surface area (Å²) in [6.45, 7) is 8.81. The van der Waals surface area contributed by atoms with Crippen molar-refractivity contribution in [3.8, 4) is 0 Å². The molecule has 5 nitrogen and oxygen atoms in total. The maximum atomic E-state index is 11.1. The van der Waals surface area contributed by atoms with Gasteiger partial charge < -0.3 is 9.79 Å². The van der Waals surface area contributed by atoms with E-state index in [1.807, 2.05) is 0 Å². The summed E-state index contributed by atoms with van der Waals surface area (Å²) >= 11 is 0. The van der Waals surface area contributed by atoms with Gasteiger partial charge in [-0.25, -0.2) is 4.31 Å². The van der Waals surface area contributed by atoms with Crippen LogP contribution in [0.5, 0.6) is 0 Å². The minimum atomic E-state index is -4.21. The molecule has 76 valence electrons. The Balaban J connectivity index is 4.84. The van der Waals surface area contributed by atoms with Gasteiger partial charge in [-0.15, -0.1) is 0 Å². The average molecular weight is 226 g/mol. The summed E-state index contributed by atoms with van der Waals surface area (Å²) in [5, 5.41) is -0.383. The van der Waals surface area contributed by atoms with Crippen molar-refractivity contribution in [1.82, 2.24) is 0 Å². The third-order valence-corrected chi connectivity index (χ3v) is 4.89. The van der Waals surface area contributed by atoms with Crippen LogP contribution in [0, 0.1) is 0 Å². The summed E-state index contributed by atoms with van der Waals surface area (Å²) in [7, 11) is -8.42. The second-order valence-electron chi connectivity index (χ2n) is 2.59. The average Bonchev–Trinajstić information content (AvgIpc) is 1.83. The van der Waals surface area contributed by atoms with Gasteiger partial charge in [0, 0.05) is 10.6 Å². The highest BCUT2D eigenvalue weighted by Gasteiger charge is 2.33. The van der Waals surface area contributed by atoms with Crippen LogP contribution in [0.3, 0.4) is 0 Å². The molecular formula is C6H12O5P2. The van der Waals surface area contributed by atoms with Gasteiger partial charge >= 0.3 is 15.2 Å². The first kappa shape index (κ1) is 12.8. The third kappa shape index (κ3) is 3.59. The molecule has 0 heterocycles. The summed E-state index contributed by atoms with van der Waals surface area (Å²) in [6.07, 6.45) is 0. The van der Waals surface area contributed by atoms with E-state index in [1.165, 1.54) is 13.8 Å². The highest BCUT2D eigenvalue weighted by atomic mass is 31.3. The maximum absolute atomic E-state index is 11.1. The van der Waals surface area contributed by atoms with Crippen LogP contribution in [-0.4, -0.2) is 9.79 Å². The zero-order chi connectivity index (χ0) is 10.9. The standard InChI is InChI=1S/C6H12O5P2/c1-5(2)12(7,8)11-13(9,10)6(3)4/h1,3H2,2,4H3,(H,7,8)(H,9,10). The lowest BCUT2D eigenvalue weighted by atomic mass is 10.8. The first-order chi connectivity index (χ1) is 5.59. The van der Waals surface area contributed by atoms with Crippen LogP contribution >= 0.6 is 15.2 Å². The molecule has 2 N–H and O–H groups in total. The lowest BCUT2D eigenvalue weighted by Gasteiger charge is -2.16. The number of hydrogen-bond donors (Lipinski definition) is 2. The SMILES string of the molecule is C=C(C)P(=O)(O)OP(=O)(O)C(=C)C. The van der Waals surface area contributed by atoms with Crippen LogP contribution in [0.2, 0.25) is 0 Å². The molecule has 0 rings (SSSR count). The van der Waals surface area contributed by atoms with Gasteiger partial charge in [-0.05, 0) is 13.8 Å². The summed E-state index contributed by atoms with van der Waals surface area (Å²) in [6, 6.07) is 0. The van der Waals surface area contributed by atoms with E-state index in [0.29, 0.717) is 0 Å². The number of rotatable bonds is 4. The molecule has 2 atom stereocenters. The topological polar surface area (TPSA) is 83.8 Å². The predicted octanol–water partition coefficient (Wildman–Crippen LogP) is 2.44. The highest BCUT2D eigenvalue weighted by Crippen LogP contribution is 2.65. The molecule has 0 aromatic carbocycles. The molecule has 0 aliphatic carbocycles. The van der Waals surface area contributed by atoms with Crippen molar-refractivity contribution >= 4 is 15.2 Å². The Labute approximate surface area is 76.8 Å².